The highest BCUT2D eigenvalue weighted by atomic mass is 16.7. The Labute approximate surface area is 174 Å². The molecule has 1 fully saturated rings. The molecule has 1 amide bonds. The van der Waals surface area contributed by atoms with Gasteiger partial charge in [0.2, 0.25) is 5.91 Å². The molecule has 0 aromatic heterocycles. The summed E-state index contributed by atoms with van der Waals surface area (Å²) in [6.45, 7) is 3.16. The van der Waals surface area contributed by atoms with Crippen molar-refractivity contribution in [3.8, 4) is 0 Å². The van der Waals surface area contributed by atoms with Crippen LogP contribution in [0.25, 0.3) is 0 Å². The van der Waals surface area contributed by atoms with Gasteiger partial charge in [-0.2, -0.15) is 0 Å². The summed E-state index contributed by atoms with van der Waals surface area (Å²) < 4.78 is 6.19. The highest BCUT2D eigenvalue weighted by molar-refractivity contribution is 5.78. The standard InChI is InChI=1S/C25H33NO3/c1-2-3-4-5-12-17-23-24(28-19-21-13-8-6-9-14-21)18-25(27)26(23)29-20-22-15-10-7-11-16-22/h6-11,13-16,23-24H,2-5,12,17-20H2,1H3/t23-,24+/m1/s1. The van der Waals surface area contributed by atoms with Crippen LogP contribution in [-0.4, -0.2) is 23.1 Å². The molecule has 2 aromatic carbocycles. The molecule has 1 aliphatic heterocycles. The van der Waals surface area contributed by atoms with Gasteiger partial charge in [0.15, 0.2) is 0 Å². The summed E-state index contributed by atoms with van der Waals surface area (Å²) in [5.74, 6) is 0.0255. The van der Waals surface area contributed by atoms with Crippen molar-refractivity contribution in [2.75, 3.05) is 0 Å². The third kappa shape index (κ3) is 6.69. The van der Waals surface area contributed by atoms with Gasteiger partial charge >= 0.3 is 0 Å². The highest BCUT2D eigenvalue weighted by Crippen LogP contribution is 2.28. The molecule has 3 rings (SSSR count). The third-order valence-corrected chi connectivity index (χ3v) is 5.48. The predicted octanol–water partition coefficient (Wildman–Crippen LogP) is 5.67. The number of unbranched alkanes of at least 4 members (excludes halogenated alkanes) is 4. The number of ether oxygens (including phenoxy) is 1. The summed E-state index contributed by atoms with van der Waals surface area (Å²) in [7, 11) is 0. The van der Waals surface area contributed by atoms with Crippen molar-refractivity contribution < 1.29 is 14.4 Å². The van der Waals surface area contributed by atoms with Gasteiger partial charge < -0.3 is 4.74 Å². The minimum atomic E-state index is -0.121. The van der Waals surface area contributed by atoms with Crippen molar-refractivity contribution in [2.45, 2.75) is 77.2 Å². The number of carbonyl (C=O) groups excluding carboxylic acids is 1. The second kappa shape index (κ2) is 11.7. The van der Waals surface area contributed by atoms with E-state index in [1.165, 1.54) is 25.7 Å². The Balaban J connectivity index is 1.59. The van der Waals surface area contributed by atoms with Crippen LogP contribution in [0.2, 0.25) is 0 Å². The SMILES string of the molecule is CCCCCCC[C@@H]1[C@@H](OCc2ccccc2)CC(=O)N1OCc1ccccc1. The Morgan fingerprint density at radius 1 is 0.862 bits per heavy atom. The molecule has 1 heterocycles. The van der Waals surface area contributed by atoms with E-state index in [-0.39, 0.29) is 18.1 Å². The van der Waals surface area contributed by atoms with E-state index < -0.39 is 0 Å². The maximum Gasteiger partial charge on any atom is 0.249 e. The number of nitrogens with zero attached hydrogens (tertiary/aromatic N) is 1. The van der Waals surface area contributed by atoms with E-state index in [1.54, 1.807) is 5.06 Å². The minimum absolute atomic E-state index is 0.0171. The zero-order chi connectivity index (χ0) is 20.3. The topological polar surface area (TPSA) is 38.8 Å². The molecule has 29 heavy (non-hydrogen) atoms. The van der Waals surface area contributed by atoms with E-state index in [0.717, 1.165) is 24.0 Å². The summed E-state index contributed by atoms with van der Waals surface area (Å²) in [4.78, 5) is 18.7. The van der Waals surface area contributed by atoms with Crippen molar-refractivity contribution in [3.05, 3.63) is 71.8 Å². The fourth-order valence-electron chi connectivity index (χ4n) is 3.83. The lowest BCUT2D eigenvalue weighted by Crippen LogP contribution is -2.38. The Kier molecular flexibility index (Phi) is 8.72. The zero-order valence-electron chi connectivity index (χ0n) is 17.5. The lowest BCUT2D eigenvalue weighted by Gasteiger charge is -2.27. The van der Waals surface area contributed by atoms with Crippen molar-refractivity contribution in [2.24, 2.45) is 0 Å². The molecule has 0 spiro atoms. The molecule has 1 saturated heterocycles. The number of rotatable bonds is 12. The molecule has 0 N–H and O–H groups in total. The van der Waals surface area contributed by atoms with Crippen molar-refractivity contribution in [3.63, 3.8) is 0 Å². The first-order valence-corrected chi connectivity index (χ1v) is 10.9. The molecule has 1 aliphatic rings. The lowest BCUT2D eigenvalue weighted by molar-refractivity contribution is -0.201. The smallest absolute Gasteiger partial charge is 0.249 e. The Hall–Kier alpha value is -2.17. The van der Waals surface area contributed by atoms with E-state index in [1.807, 2.05) is 48.5 Å². The van der Waals surface area contributed by atoms with E-state index in [0.29, 0.717) is 19.6 Å². The van der Waals surface area contributed by atoms with Gasteiger partial charge in [-0.1, -0.05) is 99.7 Å². The van der Waals surface area contributed by atoms with Gasteiger partial charge in [-0.3, -0.25) is 9.63 Å². The van der Waals surface area contributed by atoms with Gasteiger partial charge in [-0.15, -0.1) is 0 Å². The molecule has 0 bridgehead atoms. The van der Waals surface area contributed by atoms with Gasteiger partial charge in [-0.25, -0.2) is 5.06 Å². The first-order valence-electron chi connectivity index (χ1n) is 10.9. The normalized spacial score (nSPS) is 19.1. The molecule has 156 valence electrons. The van der Waals surface area contributed by atoms with E-state index >= 15 is 0 Å². The lowest BCUT2D eigenvalue weighted by atomic mass is 10.0. The second-order valence-electron chi connectivity index (χ2n) is 7.79. The van der Waals surface area contributed by atoms with Crippen LogP contribution in [0.15, 0.2) is 60.7 Å². The number of hydrogen-bond donors (Lipinski definition) is 0. The number of hydroxylamine groups is 2. The number of carbonyl (C=O) groups is 1. The first kappa shape index (κ1) is 21.5. The average molecular weight is 396 g/mol. The fraction of sp³-hybridized carbons (Fsp3) is 0.480. The van der Waals surface area contributed by atoms with E-state index in [2.05, 4.69) is 19.1 Å². The molecule has 4 heteroatoms. The van der Waals surface area contributed by atoms with Crippen molar-refractivity contribution in [1.82, 2.24) is 5.06 Å². The molecule has 2 aromatic rings. The third-order valence-electron chi connectivity index (χ3n) is 5.48. The minimum Gasteiger partial charge on any atom is -0.371 e. The quantitative estimate of drug-likeness (QED) is 0.435. The summed E-state index contributed by atoms with van der Waals surface area (Å²) in [6.07, 6.45) is 7.22. The number of benzene rings is 2. The molecule has 0 aliphatic carbocycles. The Morgan fingerprint density at radius 2 is 1.48 bits per heavy atom. The van der Waals surface area contributed by atoms with Crippen LogP contribution in [-0.2, 0) is 27.6 Å². The van der Waals surface area contributed by atoms with Gasteiger partial charge in [-0.05, 0) is 17.5 Å². The zero-order valence-corrected chi connectivity index (χ0v) is 17.5. The largest absolute Gasteiger partial charge is 0.371 e. The number of amides is 1. The predicted molar refractivity (Wildman–Crippen MR) is 115 cm³/mol. The van der Waals surface area contributed by atoms with Crippen LogP contribution in [0, 0.1) is 0 Å². The van der Waals surface area contributed by atoms with Gasteiger partial charge in [0.1, 0.15) is 6.61 Å². The van der Waals surface area contributed by atoms with E-state index in [4.69, 9.17) is 9.57 Å². The molecule has 0 saturated carbocycles. The van der Waals surface area contributed by atoms with Gasteiger partial charge in [0, 0.05) is 0 Å². The maximum absolute atomic E-state index is 12.7. The molecule has 2 atom stereocenters. The highest BCUT2D eigenvalue weighted by Gasteiger charge is 2.41. The van der Waals surface area contributed by atoms with Crippen LogP contribution >= 0.6 is 0 Å². The maximum atomic E-state index is 12.7. The molecular formula is C25H33NO3. The summed E-state index contributed by atoms with van der Waals surface area (Å²) in [5.41, 5.74) is 2.20. The van der Waals surface area contributed by atoms with E-state index in [9.17, 15) is 4.79 Å². The Morgan fingerprint density at radius 3 is 2.14 bits per heavy atom. The van der Waals surface area contributed by atoms with Crippen LogP contribution in [0.1, 0.15) is 63.0 Å². The number of hydrogen-bond acceptors (Lipinski definition) is 3. The monoisotopic (exact) mass is 395 g/mol. The second-order valence-corrected chi connectivity index (χ2v) is 7.79. The molecule has 4 nitrogen and oxygen atoms in total. The van der Waals surface area contributed by atoms with Crippen LogP contribution in [0.5, 0.6) is 0 Å². The summed E-state index contributed by atoms with van der Waals surface area (Å²) in [5, 5.41) is 1.60. The summed E-state index contributed by atoms with van der Waals surface area (Å²) in [6, 6.07) is 20.1. The van der Waals surface area contributed by atoms with Crippen LogP contribution in [0.4, 0.5) is 0 Å². The van der Waals surface area contributed by atoms with Crippen molar-refractivity contribution in [1.29, 1.82) is 0 Å². The van der Waals surface area contributed by atoms with Gasteiger partial charge in [0.05, 0.1) is 25.2 Å². The summed E-state index contributed by atoms with van der Waals surface area (Å²) >= 11 is 0. The fourth-order valence-corrected chi connectivity index (χ4v) is 3.83. The molecule has 0 unspecified atom stereocenters. The van der Waals surface area contributed by atoms with Crippen LogP contribution in [0.3, 0.4) is 0 Å². The average Bonchev–Trinajstić information content (AvgIpc) is 3.06. The van der Waals surface area contributed by atoms with Crippen LogP contribution < -0.4 is 0 Å². The van der Waals surface area contributed by atoms with Crippen molar-refractivity contribution >= 4 is 5.91 Å². The molecular weight excluding hydrogens is 362 g/mol. The molecule has 0 radical (unpaired) electrons. The first-order chi connectivity index (χ1) is 14.3. The van der Waals surface area contributed by atoms with Gasteiger partial charge in [0.25, 0.3) is 0 Å². The Bertz CT molecular complexity index is 719.